The van der Waals surface area contributed by atoms with Crippen LogP contribution in [0.4, 0.5) is 17.3 Å². The van der Waals surface area contributed by atoms with Crippen molar-refractivity contribution in [3.63, 3.8) is 0 Å². The molecule has 0 radical (unpaired) electrons. The zero-order valence-electron chi connectivity index (χ0n) is 11.8. The lowest BCUT2D eigenvalue weighted by Crippen LogP contribution is -2.15. The van der Waals surface area contributed by atoms with Crippen LogP contribution < -0.4 is 10.2 Å². The van der Waals surface area contributed by atoms with E-state index in [2.05, 4.69) is 51.4 Å². The quantitative estimate of drug-likeness (QED) is 0.844. The van der Waals surface area contributed by atoms with Crippen molar-refractivity contribution < 1.29 is 0 Å². The maximum atomic E-state index is 4.42. The van der Waals surface area contributed by atoms with E-state index in [0.29, 0.717) is 0 Å². The Hall–Kier alpha value is -2.10. The Balaban J connectivity index is 1.79. The third-order valence-corrected chi connectivity index (χ3v) is 3.65. The van der Waals surface area contributed by atoms with Gasteiger partial charge in [0.25, 0.3) is 0 Å². The molecule has 0 fully saturated rings. The monoisotopic (exact) mass is 268 g/mol. The second-order valence-electron chi connectivity index (χ2n) is 5.07. The van der Waals surface area contributed by atoms with Gasteiger partial charge in [-0.05, 0) is 24.5 Å². The Morgan fingerprint density at radius 1 is 1.25 bits per heavy atom. The standard InChI is InChI=1S/C16H20N4/c1-2-3-9-17-15-11-16(19-12-18-15)20-10-8-13-6-4-5-7-14(13)20/h4-7,11-12H,2-3,8-10H2,1H3,(H,17,18,19). The molecule has 2 aromatic rings. The van der Waals surface area contributed by atoms with Gasteiger partial charge in [0.05, 0.1) is 0 Å². The lowest BCUT2D eigenvalue weighted by Gasteiger charge is -2.18. The fourth-order valence-electron chi connectivity index (χ4n) is 2.56. The Morgan fingerprint density at radius 2 is 2.15 bits per heavy atom. The minimum atomic E-state index is 0.910. The summed E-state index contributed by atoms with van der Waals surface area (Å²) in [6.45, 7) is 4.14. The SMILES string of the molecule is CCCCNc1cc(N2CCc3ccccc32)ncn1. The molecule has 4 heteroatoms. The molecule has 0 spiro atoms. The van der Waals surface area contributed by atoms with Gasteiger partial charge in [0.1, 0.15) is 18.0 Å². The molecular weight excluding hydrogens is 248 g/mol. The number of unbranched alkanes of at least 4 members (excludes halogenated alkanes) is 1. The summed E-state index contributed by atoms with van der Waals surface area (Å²) in [5, 5.41) is 3.36. The molecule has 0 saturated heterocycles. The van der Waals surface area contributed by atoms with Gasteiger partial charge in [-0.25, -0.2) is 9.97 Å². The van der Waals surface area contributed by atoms with Gasteiger partial charge in [0, 0.05) is 24.8 Å². The van der Waals surface area contributed by atoms with Gasteiger partial charge >= 0.3 is 0 Å². The molecule has 0 unspecified atom stereocenters. The van der Waals surface area contributed by atoms with E-state index < -0.39 is 0 Å². The zero-order valence-corrected chi connectivity index (χ0v) is 11.8. The number of hydrogen-bond donors (Lipinski definition) is 1. The molecule has 1 aromatic carbocycles. The highest BCUT2D eigenvalue weighted by molar-refractivity contribution is 5.68. The lowest BCUT2D eigenvalue weighted by molar-refractivity contribution is 0.830. The molecule has 1 aromatic heterocycles. The van der Waals surface area contributed by atoms with Gasteiger partial charge in [-0.15, -0.1) is 0 Å². The smallest absolute Gasteiger partial charge is 0.138 e. The molecule has 3 rings (SSSR count). The minimum Gasteiger partial charge on any atom is -0.370 e. The predicted molar refractivity (Wildman–Crippen MR) is 82.6 cm³/mol. The van der Waals surface area contributed by atoms with E-state index >= 15 is 0 Å². The van der Waals surface area contributed by atoms with E-state index in [9.17, 15) is 0 Å². The van der Waals surface area contributed by atoms with Crippen molar-refractivity contribution in [2.24, 2.45) is 0 Å². The number of para-hydroxylation sites is 1. The molecule has 0 bridgehead atoms. The summed E-state index contributed by atoms with van der Waals surface area (Å²) in [6, 6.07) is 10.6. The van der Waals surface area contributed by atoms with Crippen LogP contribution in [0.1, 0.15) is 25.3 Å². The molecule has 20 heavy (non-hydrogen) atoms. The molecule has 1 N–H and O–H groups in total. The van der Waals surface area contributed by atoms with E-state index in [-0.39, 0.29) is 0 Å². The Kier molecular flexibility index (Phi) is 3.81. The van der Waals surface area contributed by atoms with E-state index in [1.54, 1.807) is 6.33 Å². The highest BCUT2D eigenvalue weighted by Crippen LogP contribution is 2.33. The lowest BCUT2D eigenvalue weighted by atomic mass is 10.2. The topological polar surface area (TPSA) is 41.0 Å². The first-order valence-electron chi connectivity index (χ1n) is 7.30. The number of hydrogen-bond acceptors (Lipinski definition) is 4. The molecule has 104 valence electrons. The second kappa shape index (κ2) is 5.90. The molecular formula is C16H20N4. The summed E-state index contributed by atoms with van der Waals surface area (Å²) in [6.07, 6.45) is 5.07. The predicted octanol–water partition coefficient (Wildman–Crippen LogP) is 3.38. The molecule has 4 nitrogen and oxygen atoms in total. The number of rotatable bonds is 5. The molecule has 0 aliphatic carbocycles. The van der Waals surface area contributed by atoms with Crippen molar-refractivity contribution in [1.82, 2.24) is 9.97 Å². The summed E-state index contributed by atoms with van der Waals surface area (Å²) < 4.78 is 0. The third kappa shape index (κ3) is 2.59. The number of aromatic nitrogens is 2. The van der Waals surface area contributed by atoms with Crippen LogP contribution in [-0.4, -0.2) is 23.1 Å². The molecule has 0 amide bonds. The van der Waals surface area contributed by atoms with Crippen molar-refractivity contribution in [3.8, 4) is 0 Å². The van der Waals surface area contributed by atoms with Crippen LogP contribution in [0.25, 0.3) is 0 Å². The Morgan fingerprint density at radius 3 is 3.05 bits per heavy atom. The largest absolute Gasteiger partial charge is 0.370 e. The first kappa shape index (κ1) is 12.9. The van der Waals surface area contributed by atoms with E-state index in [1.807, 2.05) is 6.07 Å². The van der Waals surface area contributed by atoms with Crippen molar-refractivity contribution in [1.29, 1.82) is 0 Å². The third-order valence-electron chi connectivity index (χ3n) is 3.65. The summed E-state index contributed by atoms with van der Waals surface area (Å²) in [4.78, 5) is 11.0. The van der Waals surface area contributed by atoms with Gasteiger partial charge < -0.3 is 10.2 Å². The maximum absolute atomic E-state index is 4.42. The fourth-order valence-corrected chi connectivity index (χ4v) is 2.56. The number of nitrogens with one attached hydrogen (secondary N) is 1. The van der Waals surface area contributed by atoms with Crippen molar-refractivity contribution >= 4 is 17.3 Å². The van der Waals surface area contributed by atoms with Crippen LogP contribution in [0.3, 0.4) is 0 Å². The van der Waals surface area contributed by atoms with Crippen LogP contribution in [-0.2, 0) is 6.42 Å². The number of fused-ring (bicyclic) bond motifs is 1. The van der Waals surface area contributed by atoms with Crippen LogP contribution in [0.2, 0.25) is 0 Å². The normalized spacial score (nSPS) is 13.3. The van der Waals surface area contributed by atoms with Gasteiger partial charge in [0.2, 0.25) is 0 Å². The number of benzene rings is 1. The zero-order chi connectivity index (χ0) is 13.8. The van der Waals surface area contributed by atoms with Crippen molar-refractivity contribution in [3.05, 3.63) is 42.2 Å². The Labute approximate surface area is 119 Å². The summed E-state index contributed by atoms with van der Waals surface area (Å²) in [5.41, 5.74) is 2.66. The van der Waals surface area contributed by atoms with Gasteiger partial charge in [-0.2, -0.15) is 0 Å². The summed E-state index contributed by atoms with van der Waals surface area (Å²) in [5.74, 6) is 1.89. The number of nitrogens with zero attached hydrogens (tertiary/aromatic N) is 3. The van der Waals surface area contributed by atoms with Gasteiger partial charge in [-0.1, -0.05) is 31.5 Å². The van der Waals surface area contributed by atoms with Crippen molar-refractivity contribution in [2.45, 2.75) is 26.2 Å². The van der Waals surface area contributed by atoms with Crippen LogP contribution >= 0.6 is 0 Å². The van der Waals surface area contributed by atoms with Crippen LogP contribution in [0.5, 0.6) is 0 Å². The average molecular weight is 268 g/mol. The van der Waals surface area contributed by atoms with E-state index in [1.165, 1.54) is 17.7 Å². The van der Waals surface area contributed by atoms with Crippen molar-refractivity contribution in [2.75, 3.05) is 23.3 Å². The maximum Gasteiger partial charge on any atom is 0.138 e. The minimum absolute atomic E-state index is 0.910. The van der Waals surface area contributed by atoms with Gasteiger partial charge in [0.15, 0.2) is 0 Å². The highest BCUT2D eigenvalue weighted by Gasteiger charge is 2.20. The first-order valence-corrected chi connectivity index (χ1v) is 7.30. The summed E-state index contributed by atoms with van der Waals surface area (Å²) >= 11 is 0. The fraction of sp³-hybridized carbons (Fsp3) is 0.375. The van der Waals surface area contributed by atoms with E-state index in [0.717, 1.165) is 37.6 Å². The molecule has 0 atom stereocenters. The van der Waals surface area contributed by atoms with Crippen LogP contribution in [0, 0.1) is 0 Å². The summed E-state index contributed by atoms with van der Waals surface area (Å²) in [7, 11) is 0. The second-order valence-corrected chi connectivity index (χ2v) is 5.07. The average Bonchev–Trinajstić information content (AvgIpc) is 2.92. The van der Waals surface area contributed by atoms with E-state index in [4.69, 9.17) is 0 Å². The Bertz CT molecular complexity index is 582. The molecule has 1 aliphatic rings. The molecule has 0 saturated carbocycles. The molecule has 1 aliphatic heterocycles. The first-order chi connectivity index (χ1) is 9.88. The highest BCUT2D eigenvalue weighted by atomic mass is 15.2. The van der Waals surface area contributed by atoms with Gasteiger partial charge in [-0.3, -0.25) is 0 Å². The number of anilines is 3. The molecule has 2 heterocycles. The van der Waals surface area contributed by atoms with Crippen LogP contribution in [0.15, 0.2) is 36.7 Å².